The number of aliphatic imine (C=N–C) groups is 1. The zero-order valence-electron chi connectivity index (χ0n) is 13.5. The third kappa shape index (κ3) is 3.70. The van der Waals surface area contributed by atoms with Crippen LogP contribution in [0.1, 0.15) is 12.8 Å². The van der Waals surface area contributed by atoms with E-state index >= 15 is 0 Å². The molecular weight excluding hydrogens is 296 g/mol. The topological polar surface area (TPSA) is 61.0 Å². The summed E-state index contributed by atoms with van der Waals surface area (Å²) in [5, 5.41) is 3.13. The Hall–Kier alpha value is -1.34. The van der Waals surface area contributed by atoms with E-state index in [9.17, 15) is 0 Å². The molecular formula is C15H26N6S. The third-order valence-corrected chi connectivity index (χ3v) is 5.40. The van der Waals surface area contributed by atoms with E-state index in [-0.39, 0.29) is 0 Å². The van der Waals surface area contributed by atoms with E-state index in [1.807, 2.05) is 11.6 Å². The van der Waals surface area contributed by atoms with Gasteiger partial charge in [0.1, 0.15) is 0 Å². The van der Waals surface area contributed by atoms with Gasteiger partial charge in [-0.3, -0.25) is 4.99 Å². The van der Waals surface area contributed by atoms with Crippen molar-refractivity contribution in [3.05, 3.63) is 11.6 Å². The molecule has 3 rings (SSSR count). The van der Waals surface area contributed by atoms with Crippen molar-refractivity contribution < 1.29 is 0 Å². The number of anilines is 1. The normalized spacial score (nSPS) is 21.5. The molecule has 22 heavy (non-hydrogen) atoms. The molecule has 2 N–H and O–H groups in total. The summed E-state index contributed by atoms with van der Waals surface area (Å²) in [4.78, 5) is 15.8. The molecule has 1 aliphatic carbocycles. The Morgan fingerprint density at radius 2 is 2.14 bits per heavy atom. The second kappa shape index (κ2) is 6.83. The minimum atomic E-state index is 0.537. The maximum absolute atomic E-state index is 6.21. The molecule has 6 nitrogen and oxygen atoms in total. The van der Waals surface area contributed by atoms with E-state index in [0.717, 1.165) is 43.8 Å². The van der Waals surface area contributed by atoms with Crippen molar-refractivity contribution >= 4 is 22.4 Å². The second-order valence-corrected chi connectivity index (χ2v) is 7.23. The van der Waals surface area contributed by atoms with Gasteiger partial charge >= 0.3 is 0 Å². The minimum absolute atomic E-state index is 0.537. The van der Waals surface area contributed by atoms with Crippen molar-refractivity contribution in [1.29, 1.82) is 0 Å². The van der Waals surface area contributed by atoms with Gasteiger partial charge in [0, 0.05) is 43.8 Å². The fourth-order valence-corrected chi connectivity index (χ4v) is 3.70. The molecule has 2 fully saturated rings. The zero-order valence-corrected chi connectivity index (χ0v) is 14.3. The number of likely N-dealkylation sites (N-methyl/N-ethyl adjacent to an activating group) is 1. The van der Waals surface area contributed by atoms with Crippen molar-refractivity contribution in [2.75, 3.05) is 51.7 Å². The number of hydrogen-bond donors (Lipinski definition) is 1. The molecule has 1 saturated heterocycles. The number of nitrogens with zero attached hydrogens (tertiary/aromatic N) is 5. The molecule has 0 bridgehead atoms. The fourth-order valence-electron chi connectivity index (χ4n) is 3.00. The van der Waals surface area contributed by atoms with Crippen molar-refractivity contribution in [1.82, 2.24) is 14.8 Å². The fraction of sp³-hybridized carbons (Fsp3) is 0.733. The van der Waals surface area contributed by atoms with E-state index < -0.39 is 0 Å². The summed E-state index contributed by atoms with van der Waals surface area (Å²) in [6.45, 7) is 4.58. The van der Waals surface area contributed by atoms with E-state index in [2.05, 4.69) is 38.8 Å². The van der Waals surface area contributed by atoms with Crippen LogP contribution in [0.25, 0.3) is 0 Å². The van der Waals surface area contributed by atoms with Crippen LogP contribution in [-0.4, -0.2) is 73.6 Å². The van der Waals surface area contributed by atoms with E-state index in [1.165, 1.54) is 12.8 Å². The molecule has 1 aromatic rings. The lowest BCUT2D eigenvalue weighted by molar-refractivity contribution is 0.270. The highest BCUT2D eigenvalue weighted by Gasteiger charge is 2.32. The molecule has 1 atom stereocenters. The standard InChI is InChI=1S/C15H26N6S/c1-19(2)13(12-3-4-12)11-18-14(16)20-6-8-21(9-7-20)15-17-5-10-22-15/h5,10,12-13H,3-4,6-9,11H2,1-2H3,(H2,16,18). The molecule has 2 heterocycles. The van der Waals surface area contributed by atoms with E-state index in [1.54, 1.807) is 11.3 Å². The van der Waals surface area contributed by atoms with E-state index in [0.29, 0.717) is 12.0 Å². The molecule has 0 spiro atoms. The zero-order chi connectivity index (χ0) is 15.5. The SMILES string of the molecule is CN(C)C(CN=C(N)N1CCN(c2nccs2)CC1)C1CC1. The van der Waals surface area contributed by atoms with Crippen molar-refractivity contribution in [3.63, 3.8) is 0 Å². The Morgan fingerprint density at radius 1 is 1.41 bits per heavy atom. The van der Waals surface area contributed by atoms with Gasteiger partial charge < -0.3 is 20.4 Å². The van der Waals surface area contributed by atoms with Crippen LogP contribution in [0, 0.1) is 5.92 Å². The highest BCUT2D eigenvalue weighted by molar-refractivity contribution is 7.13. The van der Waals surface area contributed by atoms with E-state index in [4.69, 9.17) is 5.73 Å². The van der Waals surface area contributed by atoms with Crippen LogP contribution < -0.4 is 10.6 Å². The van der Waals surface area contributed by atoms with Crippen molar-refractivity contribution in [2.24, 2.45) is 16.6 Å². The summed E-state index contributed by atoms with van der Waals surface area (Å²) in [7, 11) is 4.28. The van der Waals surface area contributed by atoms with Crippen molar-refractivity contribution in [3.8, 4) is 0 Å². The number of hydrogen-bond acceptors (Lipinski definition) is 5. The smallest absolute Gasteiger partial charge is 0.191 e. The molecule has 0 aromatic carbocycles. The summed E-state index contributed by atoms with van der Waals surface area (Å²) in [5.41, 5.74) is 6.21. The van der Waals surface area contributed by atoms with Crippen LogP contribution in [0.15, 0.2) is 16.6 Å². The van der Waals surface area contributed by atoms with Gasteiger partial charge in [-0.15, -0.1) is 11.3 Å². The lowest BCUT2D eigenvalue weighted by Gasteiger charge is -2.35. The molecule has 122 valence electrons. The van der Waals surface area contributed by atoms with Gasteiger partial charge in [0.2, 0.25) is 0 Å². The average molecular weight is 322 g/mol. The van der Waals surface area contributed by atoms with Crippen molar-refractivity contribution in [2.45, 2.75) is 18.9 Å². The molecule has 2 aliphatic rings. The molecule has 0 amide bonds. The maximum Gasteiger partial charge on any atom is 0.191 e. The highest BCUT2D eigenvalue weighted by atomic mass is 32.1. The number of rotatable bonds is 5. The summed E-state index contributed by atoms with van der Waals surface area (Å²) < 4.78 is 0. The quantitative estimate of drug-likeness (QED) is 0.645. The number of thiazole rings is 1. The predicted octanol–water partition coefficient (Wildman–Crippen LogP) is 0.920. The molecule has 1 unspecified atom stereocenters. The summed E-state index contributed by atoms with van der Waals surface area (Å²) in [6.07, 6.45) is 4.54. The Kier molecular flexibility index (Phi) is 4.83. The average Bonchev–Trinajstić information content (AvgIpc) is 3.20. The highest BCUT2D eigenvalue weighted by Crippen LogP contribution is 2.34. The predicted molar refractivity (Wildman–Crippen MR) is 92.6 cm³/mol. The summed E-state index contributed by atoms with van der Waals surface area (Å²) in [5.74, 6) is 1.51. The molecule has 1 aromatic heterocycles. The van der Waals surface area contributed by atoms with Crippen LogP contribution in [-0.2, 0) is 0 Å². The number of aromatic nitrogens is 1. The maximum atomic E-state index is 6.21. The van der Waals surface area contributed by atoms with Gasteiger partial charge in [-0.2, -0.15) is 0 Å². The van der Waals surface area contributed by atoms with Gasteiger partial charge in [-0.25, -0.2) is 4.98 Å². The first-order valence-corrected chi connectivity index (χ1v) is 8.89. The third-order valence-electron chi connectivity index (χ3n) is 4.56. The van der Waals surface area contributed by atoms with Crippen LogP contribution in [0.5, 0.6) is 0 Å². The van der Waals surface area contributed by atoms with Gasteiger partial charge in [-0.05, 0) is 32.9 Å². The Labute approximate surface area is 136 Å². The van der Waals surface area contributed by atoms with Gasteiger partial charge in [0.25, 0.3) is 0 Å². The van der Waals surface area contributed by atoms with Crippen LogP contribution in [0.4, 0.5) is 5.13 Å². The summed E-state index contributed by atoms with van der Waals surface area (Å²) in [6, 6.07) is 0.537. The van der Waals surface area contributed by atoms with Crippen LogP contribution in [0.2, 0.25) is 0 Å². The van der Waals surface area contributed by atoms with Gasteiger partial charge in [0.15, 0.2) is 11.1 Å². The Bertz CT molecular complexity index is 486. The molecule has 1 saturated carbocycles. The first kappa shape index (κ1) is 15.6. The number of guanidine groups is 1. The second-order valence-electron chi connectivity index (χ2n) is 6.36. The number of nitrogens with two attached hydrogens (primary N) is 1. The summed E-state index contributed by atoms with van der Waals surface area (Å²) >= 11 is 1.70. The Balaban J connectivity index is 1.50. The van der Waals surface area contributed by atoms with Crippen LogP contribution in [0.3, 0.4) is 0 Å². The first-order chi connectivity index (χ1) is 10.6. The Morgan fingerprint density at radius 3 is 2.68 bits per heavy atom. The largest absolute Gasteiger partial charge is 0.370 e. The molecule has 7 heteroatoms. The lowest BCUT2D eigenvalue weighted by atomic mass is 10.2. The molecule has 1 aliphatic heterocycles. The molecule has 0 radical (unpaired) electrons. The first-order valence-electron chi connectivity index (χ1n) is 8.01. The van der Waals surface area contributed by atoms with Gasteiger partial charge in [-0.1, -0.05) is 0 Å². The minimum Gasteiger partial charge on any atom is -0.370 e. The number of piperazine rings is 1. The lowest BCUT2D eigenvalue weighted by Crippen LogP contribution is -2.51. The van der Waals surface area contributed by atoms with Gasteiger partial charge in [0.05, 0.1) is 6.54 Å². The van der Waals surface area contributed by atoms with Crippen LogP contribution >= 0.6 is 11.3 Å². The monoisotopic (exact) mass is 322 g/mol.